The molecule has 2 rings (SSSR count). The first-order chi connectivity index (χ1) is 7.75. The number of hydrogen-bond acceptors (Lipinski definition) is 1. The van der Waals surface area contributed by atoms with Gasteiger partial charge >= 0.3 is 0 Å². The van der Waals surface area contributed by atoms with E-state index in [2.05, 4.69) is 12.2 Å². The summed E-state index contributed by atoms with van der Waals surface area (Å²) in [5.74, 6) is 1.45. The third-order valence-corrected chi connectivity index (χ3v) is 3.23. The highest BCUT2D eigenvalue weighted by Crippen LogP contribution is 2.27. The molecule has 0 saturated carbocycles. The maximum atomic E-state index is 6.11. The lowest BCUT2D eigenvalue weighted by molar-refractivity contribution is 0.239. The van der Waals surface area contributed by atoms with Crippen LogP contribution in [0.15, 0.2) is 30.4 Å². The van der Waals surface area contributed by atoms with Gasteiger partial charge in [0.2, 0.25) is 0 Å². The molecule has 0 radical (unpaired) electrons. The van der Waals surface area contributed by atoms with E-state index in [4.69, 9.17) is 16.3 Å². The first-order valence-electron chi connectivity index (χ1n) is 5.79. The minimum Gasteiger partial charge on any atom is -0.492 e. The van der Waals surface area contributed by atoms with Crippen LogP contribution in [-0.4, -0.2) is 6.61 Å². The normalized spacial score (nSPS) is 19.8. The largest absolute Gasteiger partial charge is 0.492 e. The summed E-state index contributed by atoms with van der Waals surface area (Å²) in [4.78, 5) is 0. The fraction of sp³-hybridized carbons (Fsp3) is 0.429. The van der Waals surface area contributed by atoms with Crippen molar-refractivity contribution in [3.05, 3.63) is 40.9 Å². The predicted octanol–water partition coefficient (Wildman–Crippen LogP) is 4.38. The van der Waals surface area contributed by atoms with Gasteiger partial charge in [-0.15, -0.1) is 0 Å². The van der Waals surface area contributed by atoms with Gasteiger partial charge in [-0.1, -0.05) is 29.8 Å². The van der Waals surface area contributed by atoms with Gasteiger partial charge in [0.15, 0.2) is 0 Å². The molecule has 16 heavy (non-hydrogen) atoms. The van der Waals surface area contributed by atoms with Crippen molar-refractivity contribution in [2.24, 2.45) is 5.92 Å². The molecule has 1 aliphatic carbocycles. The van der Waals surface area contributed by atoms with E-state index >= 15 is 0 Å². The van der Waals surface area contributed by atoms with Crippen LogP contribution in [-0.2, 0) is 0 Å². The van der Waals surface area contributed by atoms with Crippen LogP contribution in [0.3, 0.4) is 0 Å². The van der Waals surface area contributed by atoms with Crippen molar-refractivity contribution in [3.63, 3.8) is 0 Å². The van der Waals surface area contributed by atoms with Gasteiger partial charge in [-0.2, -0.15) is 0 Å². The summed E-state index contributed by atoms with van der Waals surface area (Å²) >= 11 is 6.11. The molecular formula is C14H17ClO. The van der Waals surface area contributed by atoms with E-state index in [0.717, 1.165) is 24.3 Å². The number of ether oxygens (including phenoxy) is 1. The van der Waals surface area contributed by atoms with Gasteiger partial charge in [0.1, 0.15) is 5.75 Å². The van der Waals surface area contributed by atoms with Crippen molar-refractivity contribution in [2.75, 3.05) is 6.61 Å². The van der Waals surface area contributed by atoms with Gasteiger partial charge in [-0.05, 0) is 49.8 Å². The Labute approximate surface area is 102 Å². The second kappa shape index (κ2) is 5.40. The summed E-state index contributed by atoms with van der Waals surface area (Å²) in [6.45, 7) is 2.80. The summed E-state index contributed by atoms with van der Waals surface area (Å²) in [5, 5.41) is 0.714. The summed E-state index contributed by atoms with van der Waals surface area (Å²) in [6, 6.07) is 5.93. The average molecular weight is 237 g/mol. The number of benzene rings is 1. The van der Waals surface area contributed by atoms with Crippen LogP contribution >= 0.6 is 11.6 Å². The summed E-state index contributed by atoms with van der Waals surface area (Å²) in [6.07, 6.45) is 8.02. The van der Waals surface area contributed by atoms with E-state index in [1.165, 1.54) is 12.8 Å². The lowest BCUT2D eigenvalue weighted by Gasteiger charge is -2.18. The van der Waals surface area contributed by atoms with Gasteiger partial charge in [0, 0.05) is 0 Å². The van der Waals surface area contributed by atoms with E-state index in [1.54, 1.807) is 0 Å². The quantitative estimate of drug-likeness (QED) is 0.708. The Hall–Kier alpha value is -0.950. The van der Waals surface area contributed by atoms with E-state index in [0.29, 0.717) is 10.9 Å². The SMILES string of the molecule is Cc1ccc(OCC2CC=CCC2)c(Cl)c1. The third-order valence-electron chi connectivity index (χ3n) is 2.94. The zero-order chi connectivity index (χ0) is 11.4. The fourth-order valence-corrected chi connectivity index (χ4v) is 2.23. The standard InChI is InChI=1S/C14H17ClO/c1-11-7-8-14(13(15)9-11)16-10-12-5-3-2-4-6-12/h2-3,7-9,12H,4-6,10H2,1H3. The average Bonchev–Trinajstić information content (AvgIpc) is 2.29. The van der Waals surface area contributed by atoms with Gasteiger partial charge in [0.05, 0.1) is 11.6 Å². The fourth-order valence-electron chi connectivity index (χ4n) is 1.94. The number of halogens is 1. The monoisotopic (exact) mass is 236 g/mol. The van der Waals surface area contributed by atoms with Crippen LogP contribution in [0, 0.1) is 12.8 Å². The molecule has 1 aromatic rings. The van der Waals surface area contributed by atoms with Crippen LogP contribution in [0.25, 0.3) is 0 Å². The van der Waals surface area contributed by atoms with Crippen molar-refractivity contribution in [1.82, 2.24) is 0 Å². The topological polar surface area (TPSA) is 9.23 Å². The number of allylic oxidation sites excluding steroid dienone is 2. The molecule has 0 heterocycles. The highest BCUT2D eigenvalue weighted by atomic mass is 35.5. The zero-order valence-corrected chi connectivity index (χ0v) is 10.3. The Bertz CT molecular complexity index is 384. The molecule has 0 saturated heterocycles. The number of rotatable bonds is 3. The molecule has 86 valence electrons. The molecule has 1 atom stereocenters. The second-order valence-electron chi connectivity index (χ2n) is 4.40. The van der Waals surface area contributed by atoms with E-state index in [-0.39, 0.29) is 0 Å². The van der Waals surface area contributed by atoms with Gasteiger partial charge < -0.3 is 4.74 Å². The van der Waals surface area contributed by atoms with E-state index in [9.17, 15) is 0 Å². The smallest absolute Gasteiger partial charge is 0.137 e. The maximum absolute atomic E-state index is 6.11. The molecule has 0 spiro atoms. The lowest BCUT2D eigenvalue weighted by atomic mass is 9.95. The van der Waals surface area contributed by atoms with Crippen LogP contribution in [0.5, 0.6) is 5.75 Å². The molecule has 0 aromatic heterocycles. The first kappa shape index (κ1) is 11.5. The molecule has 0 amide bonds. The molecule has 2 heteroatoms. The van der Waals surface area contributed by atoms with Crippen LogP contribution in [0.2, 0.25) is 5.02 Å². The van der Waals surface area contributed by atoms with Crippen molar-refractivity contribution >= 4 is 11.6 Å². The van der Waals surface area contributed by atoms with Crippen LogP contribution < -0.4 is 4.74 Å². The number of aryl methyl sites for hydroxylation is 1. The highest BCUT2D eigenvalue weighted by Gasteiger charge is 2.11. The highest BCUT2D eigenvalue weighted by molar-refractivity contribution is 6.32. The first-order valence-corrected chi connectivity index (χ1v) is 6.17. The Morgan fingerprint density at radius 3 is 2.94 bits per heavy atom. The molecular weight excluding hydrogens is 220 g/mol. The molecule has 0 bridgehead atoms. The van der Waals surface area contributed by atoms with Crippen molar-refractivity contribution < 1.29 is 4.74 Å². The van der Waals surface area contributed by atoms with Gasteiger partial charge in [-0.3, -0.25) is 0 Å². The Balaban J connectivity index is 1.91. The lowest BCUT2D eigenvalue weighted by Crippen LogP contribution is -2.13. The Kier molecular flexibility index (Phi) is 3.89. The van der Waals surface area contributed by atoms with Gasteiger partial charge in [-0.25, -0.2) is 0 Å². The maximum Gasteiger partial charge on any atom is 0.137 e. The molecule has 1 aromatic carbocycles. The summed E-state index contributed by atoms with van der Waals surface area (Å²) in [7, 11) is 0. The van der Waals surface area contributed by atoms with E-state index in [1.807, 2.05) is 25.1 Å². The molecule has 0 N–H and O–H groups in total. The zero-order valence-electron chi connectivity index (χ0n) is 9.58. The van der Waals surface area contributed by atoms with Crippen LogP contribution in [0.4, 0.5) is 0 Å². The summed E-state index contributed by atoms with van der Waals surface area (Å²) < 4.78 is 5.77. The van der Waals surface area contributed by atoms with Gasteiger partial charge in [0.25, 0.3) is 0 Å². The predicted molar refractivity (Wildman–Crippen MR) is 68.2 cm³/mol. The Morgan fingerprint density at radius 1 is 1.38 bits per heavy atom. The molecule has 1 aliphatic rings. The van der Waals surface area contributed by atoms with E-state index < -0.39 is 0 Å². The second-order valence-corrected chi connectivity index (χ2v) is 4.80. The molecule has 0 fully saturated rings. The number of hydrogen-bond donors (Lipinski definition) is 0. The summed E-state index contributed by atoms with van der Waals surface area (Å²) in [5.41, 5.74) is 1.16. The molecule has 1 unspecified atom stereocenters. The third kappa shape index (κ3) is 3.02. The molecule has 1 nitrogen and oxygen atoms in total. The van der Waals surface area contributed by atoms with Crippen molar-refractivity contribution in [2.45, 2.75) is 26.2 Å². The molecule has 0 aliphatic heterocycles. The van der Waals surface area contributed by atoms with Crippen molar-refractivity contribution in [3.8, 4) is 5.75 Å². The Morgan fingerprint density at radius 2 is 2.25 bits per heavy atom. The minimum absolute atomic E-state index is 0.641. The minimum atomic E-state index is 0.641. The van der Waals surface area contributed by atoms with Crippen LogP contribution in [0.1, 0.15) is 24.8 Å². The van der Waals surface area contributed by atoms with Crippen molar-refractivity contribution in [1.29, 1.82) is 0 Å².